The van der Waals surface area contributed by atoms with Gasteiger partial charge >= 0.3 is 0 Å². The summed E-state index contributed by atoms with van der Waals surface area (Å²) in [5.74, 6) is 0.637. The maximum absolute atomic E-state index is 12.3. The van der Waals surface area contributed by atoms with Crippen molar-refractivity contribution in [3.63, 3.8) is 0 Å². The van der Waals surface area contributed by atoms with Crippen molar-refractivity contribution in [2.75, 3.05) is 13.7 Å². The summed E-state index contributed by atoms with van der Waals surface area (Å²) in [5.41, 5.74) is 5.52. The molecule has 29 heavy (non-hydrogen) atoms. The summed E-state index contributed by atoms with van der Waals surface area (Å²) in [6.45, 7) is 6.70. The van der Waals surface area contributed by atoms with Crippen molar-refractivity contribution in [2.45, 2.75) is 33.6 Å². The van der Waals surface area contributed by atoms with E-state index >= 15 is 0 Å². The van der Waals surface area contributed by atoms with Gasteiger partial charge < -0.3 is 14.5 Å². The molecule has 0 aliphatic rings. The van der Waals surface area contributed by atoms with Gasteiger partial charge in [-0.1, -0.05) is 41.4 Å². The van der Waals surface area contributed by atoms with Crippen LogP contribution in [0.15, 0.2) is 51.6 Å². The number of hydrogen-bond acceptors (Lipinski definition) is 3. The van der Waals surface area contributed by atoms with E-state index in [1.165, 1.54) is 0 Å². The first-order valence-electron chi connectivity index (χ1n) is 9.77. The van der Waals surface area contributed by atoms with Gasteiger partial charge in [-0.2, -0.15) is 0 Å². The molecule has 1 amide bonds. The van der Waals surface area contributed by atoms with Crippen molar-refractivity contribution >= 4 is 38.4 Å². The lowest BCUT2D eigenvalue weighted by Crippen LogP contribution is -2.22. The van der Waals surface area contributed by atoms with Crippen LogP contribution in [0.4, 0.5) is 0 Å². The van der Waals surface area contributed by atoms with Crippen LogP contribution < -0.4 is 10.1 Å². The number of allylic oxidation sites excluding steroid dienone is 1. The van der Waals surface area contributed by atoms with E-state index in [4.69, 9.17) is 9.15 Å². The molecular formula is C24H26BrNO3. The molecule has 3 aromatic rings. The zero-order chi connectivity index (χ0) is 21.0. The molecule has 0 aliphatic carbocycles. The van der Waals surface area contributed by atoms with E-state index in [-0.39, 0.29) is 5.91 Å². The Labute approximate surface area is 180 Å². The Balaban J connectivity index is 2.09. The summed E-state index contributed by atoms with van der Waals surface area (Å²) in [6, 6.07) is 10.2. The minimum atomic E-state index is -0.0878. The van der Waals surface area contributed by atoms with E-state index in [1.807, 2.05) is 32.0 Å². The molecule has 1 N–H and O–H groups in total. The lowest BCUT2D eigenvalue weighted by atomic mass is 9.96. The number of ether oxygens (including phenoxy) is 1. The van der Waals surface area contributed by atoms with E-state index in [0.717, 1.165) is 61.9 Å². The predicted octanol–water partition coefficient (Wildman–Crippen LogP) is 6.50. The van der Waals surface area contributed by atoms with Gasteiger partial charge in [-0.25, -0.2) is 0 Å². The highest BCUT2D eigenvalue weighted by Crippen LogP contribution is 2.40. The topological polar surface area (TPSA) is 51.5 Å². The van der Waals surface area contributed by atoms with E-state index in [1.54, 1.807) is 19.4 Å². The minimum Gasteiger partial charge on any atom is -0.496 e. The lowest BCUT2D eigenvalue weighted by Gasteiger charge is -2.13. The third-order valence-electron chi connectivity index (χ3n) is 4.99. The van der Waals surface area contributed by atoms with Crippen molar-refractivity contribution in [1.29, 1.82) is 0 Å². The van der Waals surface area contributed by atoms with Crippen LogP contribution in [-0.2, 0) is 4.79 Å². The van der Waals surface area contributed by atoms with Crippen molar-refractivity contribution in [3.8, 4) is 16.9 Å². The standard InChI is InChI=1S/C24H26BrNO3/c1-5-6-10-26-22(27)11-15(2)19-13-20-21(17-8-7-9-18(25)12-17)14-29-24(20)16(3)23(19)28-4/h7-9,11-14H,5-6,10H2,1-4H3,(H,26,27)/b15-11+. The largest absolute Gasteiger partial charge is 0.496 e. The fourth-order valence-electron chi connectivity index (χ4n) is 3.47. The Morgan fingerprint density at radius 3 is 2.79 bits per heavy atom. The first kappa shape index (κ1) is 21.2. The van der Waals surface area contributed by atoms with Gasteiger partial charge in [-0.3, -0.25) is 4.79 Å². The first-order chi connectivity index (χ1) is 14.0. The number of benzene rings is 2. The molecule has 0 saturated carbocycles. The van der Waals surface area contributed by atoms with Gasteiger partial charge in [-0.15, -0.1) is 0 Å². The van der Waals surface area contributed by atoms with Crippen LogP contribution in [0.2, 0.25) is 0 Å². The Morgan fingerprint density at radius 1 is 1.31 bits per heavy atom. The molecule has 152 valence electrons. The number of carbonyl (C=O) groups excluding carboxylic acids is 1. The Kier molecular flexibility index (Phi) is 6.80. The average molecular weight is 456 g/mol. The SMILES string of the molecule is CCCCNC(=O)/C=C(\C)c1cc2c(-c3cccc(Br)c3)coc2c(C)c1OC. The second kappa shape index (κ2) is 9.31. The number of amides is 1. The zero-order valence-corrected chi connectivity index (χ0v) is 18.9. The molecule has 4 nitrogen and oxygen atoms in total. The molecule has 3 rings (SSSR count). The number of unbranched alkanes of at least 4 members (excludes halogenated alkanes) is 1. The van der Waals surface area contributed by atoms with Crippen molar-refractivity contribution in [2.24, 2.45) is 0 Å². The van der Waals surface area contributed by atoms with E-state index in [9.17, 15) is 4.79 Å². The van der Waals surface area contributed by atoms with Gasteiger partial charge in [0.1, 0.15) is 11.3 Å². The average Bonchev–Trinajstić information content (AvgIpc) is 3.12. The molecular weight excluding hydrogens is 430 g/mol. The van der Waals surface area contributed by atoms with Crippen LogP contribution in [-0.4, -0.2) is 19.6 Å². The highest BCUT2D eigenvalue weighted by molar-refractivity contribution is 9.10. The fourth-order valence-corrected chi connectivity index (χ4v) is 3.86. The number of furan rings is 1. The van der Waals surface area contributed by atoms with Gasteiger partial charge in [0.15, 0.2) is 0 Å². The Morgan fingerprint density at radius 2 is 2.10 bits per heavy atom. The molecule has 0 saturated heterocycles. The van der Waals surface area contributed by atoms with Crippen molar-refractivity contribution in [1.82, 2.24) is 5.32 Å². The molecule has 1 heterocycles. The zero-order valence-electron chi connectivity index (χ0n) is 17.3. The normalized spacial score (nSPS) is 11.7. The number of aryl methyl sites for hydroxylation is 1. The summed E-state index contributed by atoms with van der Waals surface area (Å²) < 4.78 is 12.6. The second-order valence-electron chi connectivity index (χ2n) is 7.09. The summed E-state index contributed by atoms with van der Waals surface area (Å²) in [7, 11) is 1.64. The molecule has 1 aromatic heterocycles. The number of nitrogens with one attached hydrogen (secondary N) is 1. The summed E-state index contributed by atoms with van der Waals surface area (Å²) in [5, 5.41) is 3.93. The fraction of sp³-hybridized carbons (Fsp3) is 0.292. The van der Waals surface area contributed by atoms with Crippen LogP contribution in [0.25, 0.3) is 27.7 Å². The maximum atomic E-state index is 12.3. The van der Waals surface area contributed by atoms with Crippen LogP contribution in [0.5, 0.6) is 5.75 Å². The van der Waals surface area contributed by atoms with Gasteiger partial charge in [0.25, 0.3) is 0 Å². The van der Waals surface area contributed by atoms with Gasteiger partial charge in [0.05, 0.1) is 13.4 Å². The van der Waals surface area contributed by atoms with Crippen LogP contribution >= 0.6 is 15.9 Å². The number of fused-ring (bicyclic) bond motifs is 1. The predicted molar refractivity (Wildman–Crippen MR) is 122 cm³/mol. The van der Waals surface area contributed by atoms with Crippen molar-refractivity contribution in [3.05, 3.63) is 58.3 Å². The third kappa shape index (κ3) is 4.56. The highest BCUT2D eigenvalue weighted by atomic mass is 79.9. The van der Waals surface area contributed by atoms with Gasteiger partial charge in [0.2, 0.25) is 5.91 Å². The van der Waals surface area contributed by atoms with E-state index in [2.05, 4.69) is 40.3 Å². The van der Waals surface area contributed by atoms with Crippen LogP contribution in [0.1, 0.15) is 37.8 Å². The first-order valence-corrected chi connectivity index (χ1v) is 10.6. The quantitative estimate of drug-likeness (QED) is 0.326. The van der Waals surface area contributed by atoms with E-state index < -0.39 is 0 Å². The summed E-state index contributed by atoms with van der Waals surface area (Å²) in [4.78, 5) is 12.3. The number of hydrogen-bond donors (Lipinski definition) is 1. The van der Waals surface area contributed by atoms with Crippen LogP contribution in [0.3, 0.4) is 0 Å². The molecule has 0 bridgehead atoms. The van der Waals surface area contributed by atoms with Crippen molar-refractivity contribution < 1.29 is 13.9 Å². The lowest BCUT2D eigenvalue weighted by molar-refractivity contribution is -0.116. The smallest absolute Gasteiger partial charge is 0.244 e. The minimum absolute atomic E-state index is 0.0878. The van der Waals surface area contributed by atoms with Gasteiger partial charge in [0, 0.05) is 39.2 Å². The summed E-state index contributed by atoms with van der Waals surface area (Å²) in [6.07, 6.45) is 5.43. The molecule has 0 spiro atoms. The van der Waals surface area contributed by atoms with Crippen LogP contribution in [0, 0.1) is 6.92 Å². The monoisotopic (exact) mass is 455 g/mol. The van der Waals surface area contributed by atoms with Gasteiger partial charge in [-0.05, 0) is 49.6 Å². The number of carbonyl (C=O) groups is 1. The van der Waals surface area contributed by atoms with E-state index in [0.29, 0.717) is 6.54 Å². The Bertz CT molecular complexity index is 1070. The maximum Gasteiger partial charge on any atom is 0.244 e. The summed E-state index contributed by atoms with van der Waals surface area (Å²) >= 11 is 3.54. The second-order valence-corrected chi connectivity index (χ2v) is 8.01. The molecule has 0 atom stereocenters. The third-order valence-corrected chi connectivity index (χ3v) is 5.48. The molecule has 0 unspecified atom stereocenters. The molecule has 2 aromatic carbocycles. The number of halogens is 1. The highest BCUT2D eigenvalue weighted by Gasteiger charge is 2.18. The molecule has 0 aliphatic heterocycles. The molecule has 0 radical (unpaired) electrons. The molecule has 5 heteroatoms. The Hall–Kier alpha value is -2.53. The number of methoxy groups -OCH3 is 1. The number of rotatable bonds is 7. The molecule has 0 fully saturated rings.